The minimum Gasteiger partial charge on any atom is -0.317 e. The minimum atomic E-state index is 0. The smallest absolute Gasteiger partial charge is 0.0236 e. The molecule has 2 aliphatic heterocycles. The van der Waals surface area contributed by atoms with Crippen LogP contribution in [0.5, 0.6) is 0 Å². The third kappa shape index (κ3) is 3.55. The second kappa shape index (κ2) is 6.93. The molecule has 20 heavy (non-hydrogen) atoms. The molecule has 0 aromatic heterocycles. The van der Waals surface area contributed by atoms with Gasteiger partial charge in [0.1, 0.15) is 0 Å². The van der Waals surface area contributed by atoms with Crippen molar-refractivity contribution in [3.8, 4) is 0 Å². The van der Waals surface area contributed by atoms with Gasteiger partial charge in [-0.2, -0.15) is 0 Å². The van der Waals surface area contributed by atoms with Crippen LogP contribution in [-0.4, -0.2) is 31.1 Å². The van der Waals surface area contributed by atoms with E-state index in [1.54, 1.807) is 11.1 Å². The van der Waals surface area contributed by atoms with Crippen molar-refractivity contribution in [2.24, 2.45) is 5.92 Å². The standard InChI is InChI=1S/C17H26N2.ClH/c1-13-9-14(2)17-5-8-19(12-16(17)10-13)11-15-3-6-18-7-4-15;/h9-10,15,18H,3-8,11-12H2,1-2H3;1H. The molecule has 0 aliphatic carbocycles. The zero-order valence-corrected chi connectivity index (χ0v) is 13.6. The molecule has 0 unspecified atom stereocenters. The molecule has 1 aromatic rings. The van der Waals surface area contributed by atoms with Crippen molar-refractivity contribution < 1.29 is 0 Å². The Morgan fingerprint density at radius 1 is 1.20 bits per heavy atom. The first-order valence-electron chi connectivity index (χ1n) is 7.74. The highest BCUT2D eigenvalue weighted by molar-refractivity contribution is 5.85. The van der Waals surface area contributed by atoms with Crippen LogP contribution in [0.4, 0.5) is 0 Å². The van der Waals surface area contributed by atoms with E-state index in [9.17, 15) is 0 Å². The number of benzene rings is 1. The summed E-state index contributed by atoms with van der Waals surface area (Å²) in [5.41, 5.74) is 6.11. The Morgan fingerprint density at radius 3 is 2.70 bits per heavy atom. The van der Waals surface area contributed by atoms with Gasteiger partial charge >= 0.3 is 0 Å². The van der Waals surface area contributed by atoms with Crippen molar-refractivity contribution in [2.75, 3.05) is 26.2 Å². The fraction of sp³-hybridized carbons (Fsp3) is 0.647. The lowest BCUT2D eigenvalue weighted by Crippen LogP contribution is -2.38. The Kier molecular flexibility index (Phi) is 5.48. The predicted octanol–water partition coefficient (Wildman–Crippen LogP) is 3.08. The maximum absolute atomic E-state index is 3.46. The number of hydrogen-bond acceptors (Lipinski definition) is 2. The summed E-state index contributed by atoms with van der Waals surface area (Å²) in [5, 5.41) is 3.46. The molecule has 1 saturated heterocycles. The molecule has 0 amide bonds. The first-order valence-corrected chi connectivity index (χ1v) is 7.74. The summed E-state index contributed by atoms with van der Waals surface area (Å²) in [6.07, 6.45) is 3.96. The van der Waals surface area contributed by atoms with Gasteiger partial charge in [-0.05, 0) is 68.8 Å². The normalized spacial score (nSPS) is 20.3. The first kappa shape index (κ1) is 15.8. The molecule has 1 aromatic carbocycles. The van der Waals surface area contributed by atoms with E-state index < -0.39 is 0 Å². The van der Waals surface area contributed by atoms with Gasteiger partial charge < -0.3 is 5.32 Å². The van der Waals surface area contributed by atoms with E-state index in [0.29, 0.717) is 0 Å². The first-order chi connectivity index (χ1) is 9.22. The molecule has 1 fully saturated rings. The van der Waals surface area contributed by atoms with E-state index in [1.807, 2.05) is 0 Å². The van der Waals surface area contributed by atoms with Crippen molar-refractivity contribution in [3.63, 3.8) is 0 Å². The number of nitrogens with zero attached hydrogens (tertiary/aromatic N) is 1. The summed E-state index contributed by atoms with van der Waals surface area (Å²) in [7, 11) is 0. The Balaban J connectivity index is 0.00000147. The van der Waals surface area contributed by atoms with Gasteiger partial charge in [-0.3, -0.25) is 4.90 Å². The minimum absolute atomic E-state index is 0. The number of halogens is 1. The predicted molar refractivity (Wildman–Crippen MR) is 87.7 cm³/mol. The number of hydrogen-bond donors (Lipinski definition) is 1. The molecular weight excluding hydrogens is 268 g/mol. The zero-order valence-electron chi connectivity index (χ0n) is 12.7. The van der Waals surface area contributed by atoms with Gasteiger partial charge in [-0.25, -0.2) is 0 Å². The Labute approximate surface area is 129 Å². The average Bonchev–Trinajstić information content (AvgIpc) is 2.39. The summed E-state index contributed by atoms with van der Waals surface area (Å²) in [5.74, 6) is 0.911. The molecule has 112 valence electrons. The van der Waals surface area contributed by atoms with Gasteiger partial charge in [0.15, 0.2) is 0 Å². The van der Waals surface area contributed by atoms with Crippen molar-refractivity contribution >= 4 is 12.4 Å². The molecular formula is C17H27ClN2. The van der Waals surface area contributed by atoms with E-state index in [0.717, 1.165) is 5.92 Å². The molecule has 0 spiro atoms. The lowest BCUT2D eigenvalue weighted by atomic mass is 9.91. The van der Waals surface area contributed by atoms with E-state index in [1.165, 1.54) is 63.1 Å². The third-order valence-corrected chi connectivity index (χ3v) is 4.76. The highest BCUT2D eigenvalue weighted by Crippen LogP contribution is 2.25. The second-order valence-electron chi connectivity index (χ2n) is 6.40. The molecule has 3 heteroatoms. The summed E-state index contributed by atoms with van der Waals surface area (Å²) >= 11 is 0. The molecule has 0 saturated carbocycles. The van der Waals surface area contributed by atoms with Crippen LogP contribution in [0, 0.1) is 19.8 Å². The molecule has 0 radical (unpaired) electrons. The van der Waals surface area contributed by atoms with Gasteiger partial charge in [0.05, 0.1) is 0 Å². The molecule has 2 heterocycles. The lowest BCUT2D eigenvalue weighted by molar-refractivity contribution is 0.191. The van der Waals surface area contributed by atoms with E-state index in [2.05, 4.69) is 36.2 Å². The van der Waals surface area contributed by atoms with Crippen LogP contribution in [0.2, 0.25) is 0 Å². The summed E-state index contributed by atoms with van der Waals surface area (Å²) < 4.78 is 0. The highest BCUT2D eigenvalue weighted by atomic mass is 35.5. The van der Waals surface area contributed by atoms with Crippen LogP contribution in [0.3, 0.4) is 0 Å². The van der Waals surface area contributed by atoms with Gasteiger partial charge in [0.25, 0.3) is 0 Å². The van der Waals surface area contributed by atoms with Crippen LogP contribution in [0.1, 0.15) is 35.1 Å². The van der Waals surface area contributed by atoms with Crippen LogP contribution in [0.25, 0.3) is 0 Å². The van der Waals surface area contributed by atoms with E-state index in [4.69, 9.17) is 0 Å². The topological polar surface area (TPSA) is 15.3 Å². The Hall–Kier alpha value is -0.570. The Morgan fingerprint density at radius 2 is 1.95 bits per heavy atom. The number of aryl methyl sites for hydroxylation is 2. The molecule has 1 N–H and O–H groups in total. The van der Waals surface area contributed by atoms with Gasteiger partial charge in [-0.1, -0.05) is 17.7 Å². The molecule has 3 rings (SSSR count). The Bertz CT molecular complexity index is 453. The van der Waals surface area contributed by atoms with Crippen molar-refractivity contribution in [2.45, 2.75) is 39.7 Å². The van der Waals surface area contributed by atoms with Crippen LogP contribution in [0.15, 0.2) is 12.1 Å². The van der Waals surface area contributed by atoms with Gasteiger partial charge in [0, 0.05) is 19.6 Å². The lowest BCUT2D eigenvalue weighted by Gasteiger charge is -2.34. The molecule has 0 bridgehead atoms. The SMILES string of the molecule is Cc1cc(C)c2c(c1)CN(CC1CCNCC1)CC2.Cl. The van der Waals surface area contributed by atoms with E-state index >= 15 is 0 Å². The average molecular weight is 295 g/mol. The number of fused-ring (bicyclic) bond motifs is 1. The zero-order chi connectivity index (χ0) is 13.2. The largest absolute Gasteiger partial charge is 0.317 e. The monoisotopic (exact) mass is 294 g/mol. The number of piperidine rings is 1. The fourth-order valence-corrected chi connectivity index (χ4v) is 3.76. The van der Waals surface area contributed by atoms with Crippen LogP contribution >= 0.6 is 12.4 Å². The van der Waals surface area contributed by atoms with Gasteiger partial charge in [-0.15, -0.1) is 12.4 Å². The van der Waals surface area contributed by atoms with Crippen molar-refractivity contribution in [3.05, 3.63) is 34.4 Å². The van der Waals surface area contributed by atoms with Crippen molar-refractivity contribution in [1.82, 2.24) is 10.2 Å². The summed E-state index contributed by atoms with van der Waals surface area (Å²) in [6, 6.07) is 4.73. The maximum Gasteiger partial charge on any atom is 0.0236 e. The van der Waals surface area contributed by atoms with Gasteiger partial charge in [0.2, 0.25) is 0 Å². The fourth-order valence-electron chi connectivity index (χ4n) is 3.76. The molecule has 2 aliphatic rings. The van der Waals surface area contributed by atoms with E-state index in [-0.39, 0.29) is 12.4 Å². The molecule has 0 atom stereocenters. The third-order valence-electron chi connectivity index (χ3n) is 4.76. The van der Waals surface area contributed by atoms with Crippen molar-refractivity contribution in [1.29, 1.82) is 0 Å². The molecule has 2 nitrogen and oxygen atoms in total. The maximum atomic E-state index is 3.46. The van der Waals surface area contributed by atoms with Crippen LogP contribution in [-0.2, 0) is 13.0 Å². The summed E-state index contributed by atoms with van der Waals surface area (Å²) in [6.45, 7) is 10.6. The second-order valence-corrected chi connectivity index (χ2v) is 6.40. The summed E-state index contributed by atoms with van der Waals surface area (Å²) in [4.78, 5) is 2.68. The quantitative estimate of drug-likeness (QED) is 0.902. The number of nitrogens with one attached hydrogen (secondary N) is 1. The number of rotatable bonds is 2. The van der Waals surface area contributed by atoms with Crippen LogP contribution < -0.4 is 5.32 Å². The highest BCUT2D eigenvalue weighted by Gasteiger charge is 2.21.